The van der Waals surface area contributed by atoms with Crippen LogP contribution in [0.3, 0.4) is 0 Å². The SMILES string of the molecule is Cc1nc(CN(C)C(=O)c2cn[nH]n2)n[nH]1. The summed E-state index contributed by atoms with van der Waals surface area (Å²) in [7, 11) is 1.66. The lowest BCUT2D eigenvalue weighted by atomic mass is 10.4. The third-order valence-electron chi connectivity index (χ3n) is 2.00. The molecule has 0 aliphatic carbocycles. The maximum Gasteiger partial charge on any atom is 0.276 e. The summed E-state index contributed by atoms with van der Waals surface area (Å²) in [4.78, 5) is 17.3. The molecule has 2 heterocycles. The second kappa shape index (κ2) is 4.09. The van der Waals surface area contributed by atoms with Gasteiger partial charge in [0.15, 0.2) is 11.5 Å². The van der Waals surface area contributed by atoms with E-state index < -0.39 is 0 Å². The highest BCUT2D eigenvalue weighted by molar-refractivity contribution is 5.91. The molecule has 0 fully saturated rings. The number of aromatic amines is 2. The van der Waals surface area contributed by atoms with Crippen LogP contribution in [0, 0.1) is 6.92 Å². The van der Waals surface area contributed by atoms with E-state index >= 15 is 0 Å². The summed E-state index contributed by atoms with van der Waals surface area (Å²) < 4.78 is 0. The van der Waals surface area contributed by atoms with E-state index in [2.05, 4.69) is 30.6 Å². The van der Waals surface area contributed by atoms with Gasteiger partial charge in [-0.25, -0.2) is 4.98 Å². The van der Waals surface area contributed by atoms with Crippen LogP contribution in [0.4, 0.5) is 0 Å². The lowest BCUT2D eigenvalue weighted by Crippen LogP contribution is -2.27. The first-order valence-corrected chi connectivity index (χ1v) is 4.66. The number of aromatic nitrogens is 6. The highest BCUT2D eigenvalue weighted by Gasteiger charge is 2.15. The van der Waals surface area contributed by atoms with Crippen LogP contribution in [0.15, 0.2) is 6.20 Å². The molecule has 2 aromatic rings. The third kappa shape index (κ3) is 2.05. The molecular weight excluding hydrogens is 210 g/mol. The quantitative estimate of drug-likeness (QED) is 0.727. The molecule has 2 rings (SSSR count). The zero-order valence-electron chi connectivity index (χ0n) is 8.93. The standard InChI is InChI=1S/C8H11N7O/c1-5-10-7(13-11-5)4-15(2)8(16)6-3-9-14-12-6/h3H,4H2,1-2H3,(H,9,12,14)(H,10,11,13). The van der Waals surface area contributed by atoms with E-state index in [9.17, 15) is 4.79 Å². The molecule has 0 unspecified atom stereocenters. The normalized spacial score (nSPS) is 10.4. The Bertz CT molecular complexity index is 474. The summed E-state index contributed by atoms with van der Waals surface area (Å²) in [6.45, 7) is 2.13. The molecule has 0 atom stereocenters. The van der Waals surface area contributed by atoms with Crippen molar-refractivity contribution in [2.75, 3.05) is 7.05 Å². The Balaban J connectivity index is 2.03. The van der Waals surface area contributed by atoms with Crippen molar-refractivity contribution in [2.24, 2.45) is 0 Å². The van der Waals surface area contributed by atoms with Crippen LogP contribution < -0.4 is 0 Å². The zero-order chi connectivity index (χ0) is 11.5. The molecule has 0 aliphatic heterocycles. The predicted octanol–water partition coefficient (Wildman–Crippen LogP) is -0.497. The van der Waals surface area contributed by atoms with Crippen LogP contribution in [-0.4, -0.2) is 48.4 Å². The molecular formula is C8H11N7O. The molecule has 8 nitrogen and oxygen atoms in total. The van der Waals surface area contributed by atoms with Crippen LogP contribution in [-0.2, 0) is 6.54 Å². The van der Waals surface area contributed by atoms with Crippen LogP contribution in [0.2, 0.25) is 0 Å². The molecule has 0 saturated heterocycles. The number of H-pyrrole nitrogens is 2. The van der Waals surface area contributed by atoms with Crippen molar-refractivity contribution in [3.8, 4) is 0 Å². The van der Waals surface area contributed by atoms with E-state index in [0.29, 0.717) is 12.4 Å². The van der Waals surface area contributed by atoms with E-state index in [-0.39, 0.29) is 11.6 Å². The largest absolute Gasteiger partial charge is 0.333 e. The molecule has 0 bridgehead atoms. The molecule has 1 amide bonds. The molecule has 0 radical (unpaired) electrons. The van der Waals surface area contributed by atoms with Crippen molar-refractivity contribution in [3.05, 3.63) is 23.5 Å². The number of rotatable bonds is 3. The fourth-order valence-corrected chi connectivity index (χ4v) is 1.24. The minimum atomic E-state index is -0.226. The van der Waals surface area contributed by atoms with Gasteiger partial charge in [-0.3, -0.25) is 9.89 Å². The van der Waals surface area contributed by atoms with Crippen LogP contribution in [0.1, 0.15) is 22.1 Å². The summed E-state index contributed by atoms with van der Waals surface area (Å²) in [5, 5.41) is 16.3. The number of hydrogen-bond acceptors (Lipinski definition) is 5. The van der Waals surface area contributed by atoms with E-state index in [1.165, 1.54) is 11.1 Å². The summed E-state index contributed by atoms with van der Waals surface area (Å²) in [6.07, 6.45) is 1.38. The second-order valence-corrected chi connectivity index (χ2v) is 3.35. The fraction of sp³-hybridized carbons (Fsp3) is 0.375. The Morgan fingerprint density at radius 3 is 2.88 bits per heavy atom. The van der Waals surface area contributed by atoms with Gasteiger partial charge in [0, 0.05) is 7.05 Å². The smallest absolute Gasteiger partial charge is 0.276 e. The first-order valence-electron chi connectivity index (χ1n) is 4.66. The van der Waals surface area contributed by atoms with Gasteiger partial charge < -0.3 is 4.90 Å². The van der Waals surface area contributed by atoms with Crippen molar-refractivity contribution in [1.29, 1.82) is 0 Å². The zero-order valence-corrected chi connectivity index (χ0v) is 8.93. The molecule has 8 heteroatoms. The lowest BCUT2D eigenvalue weighted by Gasteiger charge is -2.12. The summed E-state index contributed by atoms with van der Waals surface area (Å²) in [6, 6.07) is 0. The Hall–Kier alpha value is -2.25. The van der Waals surface area contributed by atoms with E-state index in [1.807, 2.05) is 0 Å². The predicted molar refractivity (Wildman–Crippen MR) is 53.3 cm³/mol. The molecule has 0 spiro atoms. The minimum Gasteiger partial charge on any atom is -0.333 e. The first kappa shape index (κ1) is 10.3. The first-order chi connectivity index (χ1) is 7.66. The van der Waals surface area contributed by atoms with Gasteiger partial charge in [0.2, 0.25) is 0 Å². The molecule has 84 valence electrons. The maximum atomic E-state index is 11.8. The van der Waals surface area contributed by atoms with Gasteiger partial charge in [0.05, 0.1) is 12.7 Å². The summed E-state index contributed by atoms with van der Waals surface area (Å²) in [5.74, 6) is 1.06. The lowest BCUT2D eigenvalue weighted by molar-refractivity contribution is 0.0776. The van der Waals surface area contributed by atoms with E-state index in [1.54, 1.807) is 14.0 Å². The Morgan fingerprint density at radius 2 is 2.31 bits per heavy atom. The van der Waals surface area contributed by atoms with Crippen molar-refractivity contribution in [1.82, 2.24) is 35.5 Å². The molecule has 2 N–H and O–H groups in total. The van der Waals surface area contributed by atoms with Gasteiger partial charge in [-0.2, -0.15) is 20.5 Å². The number of nitrogens with zero attached hydrogens (tertiary/aromatic N) is 5. The average molecular weight is 221 g/mol. The monoisotopic (exact) mass is 221 g/mol. The van der Waals surface area contributed by atoms with E-state index in [0.717, 1.165) is 5.82 Å². The van der Waals surface area contributed by atoms with Gasteiger partial charge in [-0.1, -0.05) is 0 Å². The highest BCUT2D eigenvalue weighted by Crippen LogP contribution is 2.01. The summed E-state index contributed by atoms with van der Waals surface area (Å²) in [5.41, 5.74) is 0.273. The molecule has 2 aromatic heterocycles. The van der Waals surface area contributed by atoms with Crippen molar-refractivity contribution >= 4 is 5.91 Å². The molecule has 0 aromatic carbocycles. The minimum absolute atomic E-state index is 0.226. The number of carbonyl (C=O) groups excluding carboxylic acids is 1. The van der Waals surface area contributed by atoms with E-state index in [4.69, 9.17) is 0 Å². The molecule has 0 saturated carbocycles. The van der Waals surface area contributed by atoms with Gasteiger partial charge in [0.1, 0.15) is 5.82 Å². The van der Waals surface area contributed by atoms with Gasteiger partial charge >= 0.3 is 0 Å². The van der Waals surface area contributed by atoms with Gasteiger partial charge in [0.25, 0.3) is 5.91 Å². The molecule has 16 heavy (non-hydrogen) atoms. The number of carbonyl (C=O) groups is 1. The number of amides is 1. The van der Waals surface area contributed by atoms with Crippen molar-refractivity contribution < 1.29 is 4.79 Å². The maximum absolute atomic E-state index is 11.8. The number of hydrogen-bond donors (Lipinski definition) is 2. The number of nitrogens with one attached hydrogen (secondary N) is 2. The Labute approximate surface area is 91.1 Å². The van der Waals surface area contributed by atoms with Gasteiger partial charge in [-0.05, 0) is 6.92 Å². The van der Waals surface area contributed by atoms with Crippen molar-refractivity contribution in [2.45, 2.75) is 13.5 Å². The third-order valence-corrected chi connectivity index (χ3v) is 2.00. The van der Waals surface area contributed by atoms with Crippen molar-refractivity contribution in [3.63, 3.8) is 0 Å². The Morgan fingerprint density at radius 1 is 1.50 bits per heavy atom. The fourth-order valence-electron chi connectivity index (χ4n) is 1.24. The Kier molecular flexibility index (Phi) is 2.63. The summed E-state index contributed by atoms with van der Waals surface area (Å²) >= 11 is 0. The topological polar surface area (TPSA) is 103 Å². The molecule has 0 aliphatic rings. The van der Waals surface area contributed by atoms with Gasteiger partial charge in [-0.15, -0.1) is 0 Å². The van der Waals surface area contributed by atoms with Crippen LogP contribution >= 0.6 is 0 Å². The average Bonchev–Trinajstić information content (AvgIpc) is 2.88. The number of aryl methyl sites for hydroxylation is 1. The van der Waals surface area contributed by atoms with Crippen LogP contribution in [0.5, 0.6) is 0 Å². The van der Waals surface area contributed by atoms with Crippen LogP contribution in [0.25, 0.3) is 0 Å². The second-order valence-electron chi connectivity index (χ2n) is 3.35. The highest BCUT2D eigenvalue weighted by atomic mass is 16.2.